The maximum Gasteiger partial charge on any atom is 0.255 e. The molecule has 1 unspecified atom stereocenters. The molecule has 5 rings (SSSR count). The van der Waals surface area contributed by atoms with E-state index in [1.54, 1.807) is 4.68 Å². The van der Waals surface area contributed by atoms with Crippen LogP contribution in [0.15, 0.2) is 42.5 Å². The van der Waals surface area contributed by atoms with E-state index in [1.807, 2.05) is 47.4 Å². The Morgan fingerprint density at radius 2 is 1.90 bits per heavy atom. The Hall–Kier alpha value is -3.42. The Balaban J connectivity index is 1.61. The van der Waals surface area contributed by atoms with Crippen LogP contribution < -0.4 is 9.47 Å². The standard InChI is InChI=1S/C21H21N5O3/c1-13(2)12-25-19(15-5-3-4-6-16(15)21(25)27)20-22-23-24-26(20)14-7-8-17-18(11-14)29-10-9-28-17/h3-8,11,13,19H,9-10,12H2,1-2H3. The van der Waals surface area contributed by atoms with Crippen LogP contribution in [0.3, 0.4) is 0 Å². The molecule has 29 heavy (non-hydrogen) atoms. The minimum absolute atomic E-state index is 0.0102. The average molecular weight is 391 g/mol. The molecule has 2 aromatic carbocycles. The van der Waals surface area contributed by atoms with E-state index >= 15 is 0 Å². The van der Waals surface area contributed by atoms with Crippen LogP contribution in [-0.4, -0.2) is 50.8 Å². The third-order valence-electron chi connectivity index (χ3n) is 5.13. The summed E-state index contributed by atoms with van der Waals surface area (Å²) in [5.74, 6) is 2.29. The molecule has 2 aliphatic heterocycles. The van der Waals surface area contributed by atoms with Crippen molar-refractivity contribution in [3.63, 3.8) is 0 Å². The SMILES string of the molecule is CC(C)CN1C(=O)c2ccccc2C1c1nnnn1-c1ccc2c(c1)OCCO2. The second-order valence-electron chi connectivity index (χ2n) is 7.62. The Labute approximate surface area is 168 Å². The lowest BCUT2D eigenvalue weighted by molar-refractivity contribution is 0.0721. The molecular weight excluding hydrogens is 370 g/mol. The van der Waals surface area contributed by atoms with Crippen LogP contribution in [0.5, 0.6) is 11.5 Å². The number of carbonyl (C=O) groups excluding carboxylic acids is 1. The van der Waals surface area contributed by atoms with E-state index in [0.29, 0.717) is 48.6 Å². The molecule has 2 aliphatic rings. The molecule has 0 saturated carbocycles. The van der Waals surface area contributed by atoms with Crippen molar-refractivity contribution in [1.82, 2.24) is 25.1 Å². The number of ether oxygens (including phenoxy) is 2. The van der Waals surface area contributed by atoms with Crippen LogP contribution in [-0.2, 0) is 0 Å². The number of amides is 1. The van der Waals surface area contributed by atoms with Crippen LogP contribution in [0, 0.1) is 5.92 Å². The molecule has 0 saturated heterocycles. The van der Waals surface area contributed by atoms with Gasteiger partial charge in [-0.2, -0.15) is 4.68 Å². The van der Waals surface area contributed by atoms with E-state index in [1.165, 1.54) is 0 Å². The van der Waals surface area contributed by atoms with Crippen LogP contribution in [0.1, 0.15) is 41.6 Å². The van der Waals surface area contributed by atoms with Crippen molar-refractivity contribution in [1.29, 1.82) is 0 Å². The highest BCUT2D eigenvalue weighted by molar-refractivity contribution is 5.99. The first-order chi connectivity index (χ1) is 14.1. The molecule has 1 amide bonds. The summed E-state index contributed by atoms with van der Waals surface area (Å²) in [6.07, 6.45) is 0. The Kier molecular flexibility index (Phi) is 4.19. The second kappa shape index (κ2) is 6.88. The molecule has 0 spiro atoms. The van der Waals surface area contributed by atoms with Gasteiger partial charge in [-0.15, -0.1) is 5.10 Å². The van der Waals surface area contributed by atoms with Gasteiger partial charge < -0.3 is 14.4 Å². The van der Waals surface area contributed by atoms with Crippen molar-refractivity contribution < 1.29 is 14.3 Å². The van der Waals surface area contributed by atoms with E-state index in [2.05, 4.69) is 29.4 Å². The number of rotatable bonds is 4. The third-order valence-corrected chi connectivity index (χ3v) is 5.13. The fraction of sp³-hybridized carbons (Fsp3) is 0.333. The van der Waals surface area contributed by atoms with E-state index in [-0.39, 0.29) is 11.9 Å². The molecule has 0 aliphatic carbocycles. The fourth-order valence-electron chi connectivity index (χ4n) is 3.94. The van der Waals surface area contributed by atoms with Gasteiger partial charge in [-0.1, -0.05) is 32.0 Å². The van der Waals surface area contributed by atoms with Crippen molar-refractivity contribution >= 4 is 5.91 Å². The van der Waals surface area contributed by atoms with Crippen molar-refractivity contribution in [2.24, 2.45) is 5.92 Å². The second-order valence-corrected chi connectivity index (χ2v) is 7.62. The lowest BCUT2D eigenvalue weighted by Crippen LogP contribution is -2.33. The lowest BCUT2D eigenvalue weighted by Gasteiger charge is -2.26. The molecule has 0 N–H and O–H groups in total. The van der Waals surface area contributed by atoms with E-state index < -0.39 is 0 Å². The lowest BCUT2D eigenvalue weighted by atomic mass is 10.0. The summed E-state index contributed by atoms with van der Waals surface area (Å²) in [6.45, 7) is 5.85. The highest BCUT2D eigenvalue weighted by Crippen LogP contribution is 2.39. The summed E-state index contributed by atoms with van der Waals surface area (Å²) >= 11 is 0. The van der Waals surface area contributed by atoms with Gasteiger partial charge in [0.25, 0.3) is 5.91 Å². The molecule has 3 aromatic rings. The summed E-state index contributed by atoms with van der Waals surface area (Å²) < 4.78 is 13.0. The highest BCUT2D eigenvalue weighted by Gasteiger charge is 2.40. The van der Waals surface area contributed by atoms with Crippen LogP contribution >= 0.6 is 0 Å². The number of carbonyl (C=O) groups is 1. The van der Waals surface area contributed by atoms with Gasteiger partial charge >= 0.3 is 0 Å². The number of nitrogens with zero attached hydrogens (tertiary/aromatic N) is 5. The van der Waals surface area contributed by atoms with Crippen LogP contribution in [0.4, 0.5) is 0 Å². The molecule has 0 bridgehead atoms. The Bertz CT molecular complexity index is 1080. The van der Waals surface area contributed by atoms with E-state index in [0.717, 1.165) is 11.3 Å². The smallest absolute Gasteiger partial charge is 0.255 e. The zero-order valence-electron chi connectivity index (χ0n) is 16.3. The van der Waals surface area contributed by atoms with Gasteiger partial charge in [0, 0.05) is 18.2 Å². The first-order valence-electron chi connectivity index (χ1n) is 9.71. The zero-order chi connectivity index (χ0) is 20.0. The Morgan fingerprint density at radius 1 is 1.10 bits per heavy atom. The van der Waals surface area contributed by atoms with Gasteiger partial charge in [-0.3, -0.25) is 4.79 Å². The van der Waals surface area contributed by atoms with Gasteiger partial charge in [0.05, 0.1) is 5.69 Å². The number of fused-ring (bicyclic) bond motifs is 2. The number of benzene rings is 2. The number of aromatic nitrogens is 4. The average Bonchev–Trinajstić information content (AvgIpc) is 3.31. The van der Waals surface area contributed by atoms with Crippen molar-refractivity contribution in [3.8, 4) is 17.2 Å². The molecule has 1 atom stereocenters. The minimum atomic E-state index is -0.343. The summed E-state index contributed by atoms with van der Waals surface area (Å²) in [5.41, 5.74) is 2.39. The van der Waals surface area contributed by atoms with Gasteiger partial charge in [0.15, 0.2) is 17.3 Å². The summed E-state index contributed by atoms with van der Waals surface area (Å²) in [5, 5.41) is 12.4. The summed E-state index contributed by atoms with van der Waals surface area (Å²) in [6, 6.07) is 12.9. The molecule has 8 nitrogen and oxygen atoms in total. The van der Waals surface area contributed by atoms with Gasteiger partial charge in [-0.05, 0) is 40.1 Å². The molecule has 0 radical (unpaired) electrons. The van der Waals surface area contributed by atoms with E-state index in [4.69, 9.17) is 9.47 Å². The number of hydrogen-bond acceptors (Lipinski definition) is 6. The topological polar surface area (TPSA) is 82.4 Å². The third kappa shape index (κ3) is 2.91. The van der Waals surface area contributed by atoms with Crippen molar-refractivity contribution in [2.75, 3.05) is 19.8 Å². The molecule has 8 heteroatoms. The van der Waals surface area contributed by atoms with Gasteiger partial charge in [0.2, 0.25) is 0 Å². The van der Waals surface area contributed by atoms with Gasteiger partial charge in [0.1, 0.15) is 19.3 Å². The zero-order valence-corrected chi connectivity index (χ0v) is 16.3. The molecule has 148 valence electrons. The molecule has 0 fully saturated rings. The number of tetrazole rings is 1. The summed E-state index contributed by atoms with van der Waals surface area (Å²) in [7, 11) is 0. The minimum Gasteiger partial charge on any atom is -0.486 e. The van der Waals surface area contributed by atoms with Gasteiger partial charge in [-0.25, -0.2) is 0 Å². The molecule has 1 aromatic heterocycles. The molecular formula is C21H21N5O3. The largest absolute Gasteiger partial charge is 0.486 e. The fourth-order valence-corrected chi connectivity index (χ4v) is 3.94. The first-order valence-corrected chi connectivity index (χ1v) is 9.71. The predicted octanol–water partition coefficient (Wildman–Crippen LogP) is 2.63. The van der Waals surface area contributed by atoms with Crippen LogP contribution in [0.2, 0.25) is 0 Å². The quantitative estimate of drug-likeness (QED) is 0.680. The monoisotopic (exact) mass is 391 g/mol. The predicted molar refractivity (Wildman–Crippen MR) is 104 cm³/mol. The maximum atomic E-state index is 13.1. The number of hydrogen-bond donors (Lipinski definition) is 0. The van der Waals surface area contributed by atoms with E-state index in [9.17, 15) is 4.79 Å². The molecule has 3 heterocycles. The maximum absolute atomic E-state index is 13.1. The van der Waals surface area contributed by atoms with Crippen molar-refractivity contribution in [2.45, 2.75) is 19.9 Å². The summed E-state index contributed by atoms with van der Waals surface area (Å²) in [4.78, 5) is 14.9. The highest BCUT2D eigenvalue weighted by atomic mass is 16.6. The van der Waals surface area contributed by atoms with Crippen molar-refractivity contribution in [3.05, 3.63) is 59.4 Å². The Morgan fingerprint density at radius 3 is 2.72 bits per heavy atom. The van der Waals surface area contributed by atoms with Crippen LogP contribution in [0.25, 0.3) is 5.69 Å². The normalized spacial score (nSPS) is 17.7. The first kappa shape index (κ1) is 17.7.